The number of ether oxygens (including phenoxy) is 2. The van der Waals surface area contributed by atoms with Crippen LogP contribution in [0.25, 0.3) is 0 Å². The zero-order chi connectivity index (χ0) is 14.3. The number of rotatable bonds is 8. The van der Waals surface area contributed by atoms with E-state index in [-0.39, 0.29) is 13.2 Å². The van der Waals surface area contributed by atoms with Crippen molar-refractivity contribution in [2.24, 2.45) is 0 Å². The van der Waals surface area contributed by atoms with E-state index in [1.807, 2.05) is 14.0 Å². The number of halogens is 2. The Bertz CT molecular complexity index is 402. The molecule has 0 saturated carbocycles. The highest BCUT2D eigenvalue weighted by Gasteiger charge is 2.13. The third kappa shape index (κ3) is 5.55. The van der Waals surface area contributed by atoms with Crippen molar-refractivity contribution in [3.63, 3.8) is 0 Å². The van der Waals surface area contributed by atoms with Crippen LogP contribution in [0.5, 0.6) is 5.75 Å². The molecule has 0 aliphatic heterocycles. The molecule has 0 heterocycles. The van der Waals surface area contributed by atoms with Gasteiger partial charge < -0.3 is 19.9 Å². The van der Waals surface area contributed by atoms with Gasteiger partial charge in [0.2, 0.25) is 0 Å². The van der Waals surface area contributed by atoms with Crippen LogP contribution in [0.4, 0.5) is 0 Å². The molecule has 1 rings (SSSR count). The van der Waals surface area contributed by atoms with Gasteiger partial charge in [0.25, 0.3) is 0 Å². The second-order valence-electron chi connectivity index (χ2n) is 4.03. The predicted molar refractivity (Wildman–Crippen MR) is 77.2 cm³/mol. The zero-order valence-electron chi connectivity index (χ0n) is 11.1. The lowest BCUT2D eigenvalue weighted by molar-refractivity contribution is 0.0163. The quantitative estimate of drug-likeness (QED) is 0.775. The Labute approximate surface area is 123 Å². The zero-order valence-corrected chi connectivity index (χ0v) is 12.6. The molecule has 0 aliphatic carbocycles. The van der Waals surface area contributed by atoms with Gasteiger partial charge in [-0.05, 0) is 26.1 Å². The van der Waals surface area contributed by atoms with E-state index in [9.17, 15) is 5.11 Å². The van der Waals surface area contributed by atoms with Gasteiger partial charge in [0.15, 0.2) is 0 Å². The second kappa shape index (κ2) is 8.61. The predicted octanol–water partition coefficient (Wildman–Crippen LogP) is 2.49. The van der Waals surface area contributed by atoms with E-state index in [1.54, 1.807) is 12.1 Å². The lowest BCUT2D eigenvalue weighted by Gasteiger charge is -2.16. The molecule has 1 unspecified atom stereocenters. The maximum Gasteiger partial charge on any atom is 0.142 e. The van der Waals surface area contributed by atoms with Crippen molar-refractivity contribution in [3.05, 3.63) is 27.7 Å². The average molecular weight is 308 g/mol. The van der Waals surface area contributed by atoms with Crippen LogP contribution in [0.3, 0.4) is 0 Å². The Morgan fingerprint density at radius 2 is 2.05 bits per heavy atom. The summed E-state index contributed by atoms with van der Waals surface area (Å²) in [6.07, 6.45) is -0.686. The fourth-order valence-electron chi connectivity index (χ4n) is 1.58. The SMILES string of the molecule is CCOCC(O)COc1c(Cl)cc(Cl)cc1CNC. The van der Waals surface area contributed by atoms with Crippen molar-refractivity contribution < 1.29 is 14.6 Å². The summed E-state index contributed by atoms with van der Waals surface area (Å²) >= 11 is 12.1. The van der Waals surface area contributed by atoms with Crippen LogP contribution in [-0.4, -0.2) is 38.1 Å². The van der Waals surface area contributed by atoms with Gasteiger partial charge in [-0.2, -0.15) is 0 Å². The molecule has 0 aliphatic rings. The van der Waals surface area contributed by atoms with E-state index in [0.29, 0.717) is 28.9 Å². The van der Waals surface area contributed by atoms with Gasteiger partial charge >= 0.3 is 0 Å². The number of nitrogens with one attached hydrogen (secondary N) is 1. The molecule has 0 fully saturated rings. The molecule has 1 aromatic rings. The maximum atomic E-state index is 9.67. The Balaban J connectivity index is 2.70. The number of aliphatic hydroxyl groups is 1. The van der Waals surface area contributed by atoms with E-state index in [1.165, 1.54) is 0 Å². The highest BCUT2D eigenvalue weighted by molar-refractivity contribution is 6.35. The molecule has 1 aromatic carbocycles. The van der Waals surface area contributed by atoms with Crippen molar-refractivity contribution in [1.82, 2.24) is 5.32 Å². The van der Waals surface area contributed by atoms with Gasteiger partial charge in [-0.1, -0.05) is 23.2 Å². The van der Waals surface area contributed by atoms with E-state index in [0.717, 1.165) is 5.56 Å². The summed E-state index contributed by atoms with van der Waals surface area (Å²) in [6.45, 7) is 3.37. The minimum absolute atomic E-state index is 0.123. The first-order valence-corrected chi connectivity index (χ1v) is 6.85. The highest BCUT2D eigenvalue weighted by atomic mass is 35.5. The van der Waals surface area contributed by atoms with E-state index in [4.69, 9.17) is 32.7 Å². The van der Waals surface area contributed by atoms with Gasteiger partial charge in [0.05, 0.1) is 11.6 Å². The summed E-state index contributed by atoms with van der Waals surface area (Å²) in [6, 6.07) is 3.40. The minimum atomic E-state index is -0.686. The summed E-state index contributed by atoms with van der Waals surface area (Å²) in [7, 11) is 1.82. The fraction of sp³-hybridized carbons (Fsp3) is 0.538. The first kappa shape index (κ1) is 16.5. The molecule has 2 N–H and O–H groups in total. The molecule has 1 atom stereocenters. The highest BCUT2D eigenvalue weighted by Crippen LogP contribution is 2.32. The van der Waals surface area contributed by atoms with Crippen LogP contribution in [0.15, 0.2) is 12.1 Å². The van der Waals surface area contributed by atoms with Crippen molar-refractivity contribution in [1.29, 1.82) is 0 Å². The maximum absolute atomic E-state index is 9.67. The third-order valence-corrected chi connectivity index (χ3v) is 2.89. The summed E-state index contributed by atoms with van der Waals surface area (Å²) in [5.41, 5.74) is 0.851. The molecule has 0 aromatic heterocycles. The van der Waals surface area contributed by atoms with Gasteiger partial charge in [-0.3, -0.25) is 0 Å². The molecule has 0 amide bonds. The molecule has 4 nitrogen and oxygen atoms in total. The van der Waals surface area contributed by atoms with Crippen LogP contribution >= 0.6 is 23.2 Å². The Morgan fingerprint density at radius 3 is 2.68 bits per heavy atom. The summed E-state index contributed by atoms with van der Waals surface area (Å²) in [5.74, 6) is 0.538. The number of hydrogen-bond donors (Lipinski definition) is 2. The van der Waals surface area contributed by atoms with Crippen LogP contribution in [0, 0.1) is 0 Å². The third-order valence-electron chi connectivity index (χ3n) is 2.39. The normalized spacial score (nSPS) is 12.5. The summed E-state index contributed by atoms with van der Waals surface area (Å²) in [5, 5.41) is 13.7. The van der Waals surface area contributed by atoms with E-state index in [2.05, 4.69) is 5.32 Å². The minimum Gasteiger partial charge on any atom is -0.489 e. The van der Waals surface area contributed by atoms with Crippen LogP contribution < -0.4 is 10.1 Å². The van der Waals surface area contributed by atoms with Crippen LogP contribution in [0.1, 0.15) is 12.5 Å². The number of hydrogen-bond acceptors (Lipinski definition) is 4. The largest absolute Gasteiger partial charge is 0.489 e. The molecule has 0 spiro atoms. The molecule has 0 radical (unpaired) electrons. The van der Waals surface area contributed by atoms with Crippen LogP contribution in [-0.2, 0) is 11.3 Å². The first-order chi connectivity index (χ1) is 9.08. The molecule has 19 heavy (non-hydrogen) atoms. The van der Waals surface area contributed by atoms with Crippen molar-refractivity contribution in [2.45, 2.75) is 19.6 Å². The average Bonchev–Trinajstić information content (AvgIpc) is 2.35. The summed E-state index contributed by atoms with van der Waals surface area (Å²) in [4.78, 5) is 0. The Hall–Kier alpha value is -0.520. The van der Waals surface area contributed by atoms with Crippen LogP contribution in [0.2, 0.25) is 10.0 Å². The van der Waals surface area contributed by atoms with Gasteiger partial charge in [0, 0.05) is 23.7 Å². The summed E-state index contributed by atoms with van der Waals surface area (Å²) < 4.78 is 10.7. The van der Waals surface area contributed by atoms with Gasteiger partial charge in [-0.25, -0.2) is 0 Å². The first-order valence-electron chi connectivity index (χ1n) is 6.09. The molecule has 6 heteroatoms. The fourth-order valence-corrected chi connectivity index (χ4v) is 2.17. The molecule has 0 bridgehead atoms. The number of benzene rings is 1. The van der Waals surface area contributed by atoms with Gasteiger partial charge in [0.1, 0.15) is 18.5 Å². The molecular formula is C13H19Cl2NO3. The Kier molecular flexibility index (Phi) is 7.49. The van der Waals surface area contributed by atoms with Crippen molar-refractivity contribution in [3.8, 4) is 5.75 Å². The molecule has 0 saturated heterocycles. The van der Waals surface area contributed by atoms with Gasteiger partial charge in [-0.15, -0.1) is 0 Å². The topological polar surface area (TPSA) is 50.7 Å². The number of aliphatic hydroxyl groups excluding tert-OH is 1. The second-order valence-corrected chi connectivity index (χ2v) is 4.87. The van der Waals surface area contributed by atoms with Crippen molar-refractivity contribution in [2.75, 3.05) is 26.9 Å². The standard InChI is InChI=1S/C13H19Cl2NO3/c1-3-18-7-11(17)8-19-13-9(6-16-2)4-10(14)5-12(13)15/h4-5,11,16-17H,3,6-8H2,1-2H3. The lowest BCUT2D eigenvalue weighted by Crippen LogP contribution is -2.24. The van der Waals surface area contributed by atoms with E-state index >= 15 is 0 Å². The Morgan fingerprint density at radius 1 is 1.32 bits per heavy atom. The van der Waals surface area contributed by atoms with Crippen molar-refractivity contribution >= 4 is 23.2 Å². The lowest BCUT2D eigenvalue weighted by atomic mass is 10.2. The molecule has 108 valence electrons. The molecular weight excluding hydrogens is 289 g/mol. The monoisotopic (exact) mass is 307 g/mol. The smallest absolute Gasteiger partial charge is 0.142 e. The van der Waals surface area contributed by atoms with E-state index < -0.39 is 6.10 Å².